The van der Waals surface area contributed by atoms with E-state index in [4.69, 9.17) is 0 Å². The lowest BCUT2D eigenvalue weighted by atomic mass is 10.1. The van der Waals surface area contributed by atoms with Gasteiger partial charge in [-0.3, -0.25) is 4.72 Å². The number of fused-ring (bicyclic) bond motifs is 1. The second-order valence-electron chi connectivity index (χ2n) is 5.07. The van der Waals surface area contributed by atoms with Crippen LogP contribution in [-0.2, 0) is 22.9 Å². The maximum Gasteiger partial charge on any atom is 0.262 e. The van der Waals surface area contributed by atoms with E-state index in [-0.39, 0.29) is 4.90 Å². The number of benzene rings is 1. The molecule has 1 aliphatic rings. The highest BCUT2D eigenvalue weighted by Crippen LogP contribution is 2.26. The molecule has 2 N–H and O–H groups in total. The van der Waals surface area contributed by atoms with Crippen LogP contribution < -0.4 is 10.0 Å². The number of rotatable bonds is 4. The minimum Gasteiger partial charge on any atom is -0.373 e. The Bertz CT molecular complexity index is 772. The third kappa shape index (κ3) is 2.85. The zero-order valence-corrected chi connectivity index (χ0v) is 12.6. The normalized spacial score (nSPS) is 13.8. The molecule has 0 spiro atoms. The summed E-state index contributed by atoms with van der Waals surface area (Å²) < 4.78 is 27.4. The van der Waals surface area contributed by atoms with Crippen molar-refractivity contribution in [1.29, 1.82) is 0 Å². The van der Waals surface area contributed by atoms with Gasteiger partial charge in [-0.25, -0.2) is 13.4 Å². The topological polar surface area (TPSA) is 71.1 Å². The van der Waals surface area contributed by atoms with Crippen LogP contribution in [0.1, 0.15) is 17.5 Å². The van der Waals surface area contributed by atoms with Crippen molar-refractivity contribution < 1.29 is 8.42 Å². The fourth-order valence-electron chi connectivity index (χ4n) is 2.56. The molecule has 2 aromatic rings. The Morgan fingerprint density at radius 2 is 1.90 bits per heavy atom. The minimum absolute atomic E-state index is 0.197. The number of hydrogen-bond donors (Lipinski definition) is 2. The maximum atomic E-state index is 12.4. The summed E-state index contributed by atoms with van der Waals surface area (Å²) in [7, 11) is -1.89. The smallest absolute Gasteiger partial charge is 0.262 e. The predicted molar refractivity (Wildman–Crippen MR) is 83.1 cm³/mol. The van der Waals surface area contributed by atoms with Gasteiger partial charge in [-0.05, 0) is 48.6 Å². The van der Waals surface area contributed by atoms with Crippen molar-refractivity contribution in [1.82, 2.24) is 4.98 Å². The van der Waals surface area contributed by atoms with Crippen LogP contribution >= 0.6 is 0 Å². The van der Waals surface area contributed by atoms with Gasteiger partial charge < -0.3 is 5.32 Å². The van der Waals surface area contributed by atoms with Crippen LogP contribution in [0.4, 0.5) is 11.5 Å². The zero-order valence-electron chi connectivity index (χ0n) is 11.8. The first-order valence-corrected chi connectivity index (χ1v) is 8.35. The van der Waals surface area contributed by atoms with Crippen molar-refractivity contribution >= 4 is 21.5 Å². The highest BCUT2D eigenvalue weighted by Gasteiger charge is 2.17. The molecule has 0 aliphatic heterocycles. The molecule has 1 heterocycles. The van der Waals surface area contributed by atoms with E-state index in [1.807, 2.05) is 18.2 Å². The molecule has 0 saturated heterocycles. The van der Waals surface area contributed by atoms with Crippen molar-refractivity contribution in [2.24, 2.45) is 0 Å². The van der Waals surface area contributed by atoms with Crippen molar-refractivity contribution in [3.63, 3.8) is 0 Å². The summed E-state index contributed by atoms with van der Waals surface area (Å²) in [5.41, 5.74) is 3.17. The van der Waals surface area contributed by atoms with Crippen LogP contribution in [0.25, 0.3) is 0 Å². The molecular formula is C15H17N3O2S. The Labute approximate surface area is 124 Å². The number of sulfonamides is 1. The van der Waals surface area contributed by atoms with Gasteiger partial charge in [-0.2, -0.15) is 0 Å². The number of nitrogens with one attached hydrogen (secondary N) is 2. The molecule has 0 unspecified atom stereocenters. The van der Waals surface area contributed by atoms with Crippen molar-refractivity contribution in [2.45, 2.75) is 24.2 Å². The molecule has 1 aromatic heterocycles. The summed E-state index contributed by atoms with van der Waals surface area (Å²) in [4.78, 5) is 4.22. The number of pyridine rings is 1. The summed E-state index contributed by atoms with van der Waals surface area (Å²) in [5.74, 6) is 0.520. The van der Waals surface area contributed by atoms with E-state index < -0.39 is 10.0 Å². The standard InChI is InChI=1S/C15H17N3O2S/c1-16-15-10-14(7-8-17-15)21(19,20)18-13-6-5-11-3-2-4-12(11)9-13/h5-10,18H,2-4H2,1H3,(H,16,17). The summed E-state index contributed by atoms with van der Waals surface area (Å²) in [6.45, 7) is 0. The molecule has 3 rings (SSSR count). The number of nitrogens with zero attached hydrogens (tertiary/aromatic N) is 1. The predicted octanol–water partition coefficient (Wildman–Crippen LogP) is 2.41. The van der Waals surface area contributed by atoms with Crippen LogP contribution in [0.15, 0.2) is 41.4 Å². The summed E-state index contributed by atoms with van der Waals surface area (Å²) >= 11 is 0. The van der Waals surface area contributed by atoms with E-state index in [9.17, 15) is 8.42 Å². The van der Waals surface area contributed by atoms with Gasteiger partial charge in [0.15, 0.2) is 0 Å². The van der Waals surface area contributed by atoms with E-state index in [0.717, 1.165) is 19.3 Å². The third-order valence-corrected chi connectivity index (χ3v) is 5.03. The second kappa shape index (κ2) is 5.37. The molecule has 1 aromatic carbocycles. The van der Waals surface area contributed by atoms with E-state index in [0.29, 0.717) is 11.5 Å². The van der Waals surface area contributed by atoms with Crippen LogP contribution in [-0.4, -0.2) is 20.4 Å². The molecule has 0 amide bonds. The Hall–Kier alpha value is -2.08. The van der Waals surface area contributed by atoms with Gasteiger partial charge in [0.05, 0.1) is 4.90 Å². The van der Waals surface area contributed by atoms with E-state index >= 15 is 0 Å². The quantitative estimate of drug-likeness (QED) is 0.910. The van der Waals surface area contributed by atoms with Gasteiger partial charge in [0.2, 0.25) is 0 Å². The molecule has 0 bridgehead atoms. The summed E-state index contributed by atoms with van der Waals surface area (Å²) in [6, 6.07) is 8.75. The maximum absolute atomic E-state index is 12.4. The van der Waals surface area contributed by atoms with Gasteiger partial charge in [0.25, 0.3) is 10.0 Å². The van der Waals surface area contributed by atoms with E-state index in [1.54, 1.807) is 7.05 Å². The Kier molecular flexibility index (Phi) is 3.55. The van der Waals surface area contributed by atoms with Crippen LogP contribution in [0, 0.1) is 0 Å². The molecule has 5 nitrogen and oxygen atoms in total. The zero-order chi connectivity index (χ0) is 14.9. The van der Waals surface area contributed by atoms with Gasteiger partial charge in [0, 0.05) is 25.0 Å². The molecule has 1 aliphatic carbocycles. The number of hydrogen-bond acceptors (Lipinski definition) is 4. The van der Waals surface area contributed by atoms with Gasteiger partial charge >= 0.3 is 0 Å². The molecule has 0 saturated carbocycles. The van der Waals surface area contributed by atoms with Crippen LogP contribution in [0.3, 0.4) is 0 Å². The summed E-state index contributed by atoms with van der Waals surface area (Å²) in [6.07, 6.45) is 4.72. The van der Waals surface area contributed by atoms with Gasteiger partial charge in [-0.1, -0.05) is 6.07 Å². The average Bonchev–Trinajstić information content (AvgIpc) is 2.94. The largest absolute Gasteiger partial charge is 0.373 e. The molecular weight excluding hydrogens is 286 g/mol. The molecule has 0 fully saturated rings. The molecule has 21 heavy (non-hydrogen) atoms. The van der Waals surface area contributed by atoms with E-state index in [1.165, 1.54) is 29.5 Å². The SMILES string of the molecule is CNc1cc(S(=O)(=O)Nc2ccc3c(c2)CCC3)ccn1. The first-order chi connectivity index (χ1) is 10.1. The molecule has 110 valence electrons. The molecule has 0 radical (unpaired) electrons. The minimum atomic E-state index is -3.59. The van der Waals surface area contributed by atoms with E-state index in [2.05, 4.69) is 15.0 Å². The first-order valence-electron chi connectivity index (χ1n) is 6.87. The average molecular weight is 303 g/mol. The summed E-state index contributed by atoms with van der Waals surface area (Å²) in [5, 5.41) is 2.83. The lowest BCUT2D eigenvalue weighted by molar-refractivity contribution is 0.601. The number of aryl methyl sites for hydroxylation is 2. The van der Waals surface area contributed by atoms with Crippen molar-refractivity contribution in [3.8, 4) is 0 Å². The van der Waals surface area contributed by atoms with Crippen LogP contribution in [0.2, 0.25) is 0 Å². The first kappa shape index (κ1) is 13.9. The molecule has 6 heteroatoms. The molecule has 0 atom stereocenters. The van der Waals surface area contributed by atoms with Crippen molar-refractivity contribution in [3.05, 3.63) is 47.7 Å². The van der Waals surface area contributed by atoms with Gasteiger partial charge in [0.1, 0.15) is 5.82 Å². The lowest BCUT2D eigenvalue weighted by Gasteiger charge is -2.10. The Morgan fingerprint density at radius 1 is 1.10 bits per heavy atom. The Balaban J connectivity index is 1.89. The van der Waals surface area contributed by atoms with Crippen molar-refractivity contribution in [2.75, 3.05) is 17.1 Å². The third-order valence-electron chi connectivity index (χ3n) is 3.65. The highest BCUT2D eigenvalue weighted by molar-refractivity contribution is 7.92. The highest BCUT2D eigenvalue weighted by atomic mass is 32.2. The monoisotopic (exact) mass is 303 g/mol. The van der Waals surface area contributed by atoms with Crippen LogP contribution in [0.5, 0.6) is 0 Å². The fraction of sp³-hybridized carbons (Fsp3) is 0.267. The lowest BCUT2D eigenvalue weighted by Crippen LogP contribution is -2.13. The Morgan fingerprint density at radius 3 is 2.71 bits per heavy atom. The number of anilines is 2. The number of aromatic nitrogens is 1. The van der Waals surface area contributed by atoms with Gasteiger partial charge in [-0.15, -0.1) is 0 Å². The second-order valence-corrected chi connectivity index (χ2v) is 6.75. The fourth-order valence-corrected chi connectivity index (χ4v) is 3.63.